The van der Waals surface area contributed by atoms with Crippen LogP contribution >= 0.6 is 0 Å². The second-order valence-corrected chi connectivity index (χ2v) is 6.22. The molecule has 0 spiro atoms. The summed E-state index contributed by atoms with van der Waals surface area (Å²) in [6.07, 6.45) is 0. The minimum Gasteiger partial charge on any atom is -0.197 e. The molecule has 0 amide bonds. The molecule has 0 N–H and O–H groups in total. The molecule has 0 aliphatic carbocycles. The highest BCUT2D eigenvalue weighted by Gasteiger charge is 2.28. The van der Waals surface area contributed by atoms with Crippen LogP contribution in [-0.4, -0.2) is 13.1 Å². The minimum atomic E-state index is -0.722. The Balaban J connectivity index is 2.09. The largest absolute Gasteiger partial charge is 0.197 e. The lowest BCUT2D eigenvalue weighted by Gasteiger charge is -2.20. The van der Waals surface area contributed by atoms with Gasteiger partial charge in [0.2, 0.25) is 0 Å². The SMILES string of the molecule is CC(C#N)(C/N=N/CC(C)(C#N)c1ccccc1)c1ccccc1. The Labute approximate surface area is 143 Å². The molecule has 0 aromatic heterocycles. The zero-order valence-electron chi connectivity index (χ0n) is 14.0. The molecule has 2 rings (SSSR count). The highest BCUT2D eigenvalue weighted by molar-refractivity contribution is 5.32. The van der Waals surface area contributed by atoms with Gasteiger partial charge in [-0.25, -0.2) is 0 Å². The molecule has 120 valence electrons. The maximum Gasteiger partial charge on any atom is 0.101 e. The van der Waals surface area contributed by atoms with Gasteiger partial charge in [0.25, 0.3) is 0 Å². The van der Waals surface area contributed by atoms with E-state index in [1.54, 1.807) is 0 Å². The summed E-state index contributed by atoms with van der Waals surface area (Å²) < 4.78 is 0. The van der Waals surface area contributed by atoms with Gasteiger partial charge in [-0.05, 0) is 25.0 Å². The van der Waals surface area contributed by atoms with E-state index in [2.05, 4.69) is 22.4 Å². The minimum absolute atomic E-state index is 0.268. The van der Waals surface area contributed by atoms with E-state index in [1.165, 1.54) is 0 Å². The first-order valence-corrected chi connectivity index (χ1v) is 7.81. The fourth-order valence-corrected chi connectivity index (χ4v) is 2.38. The van der Waals surface area contributed by atoms with Crippen LogP contribution in [-0.2, 0) is 10.8 Å². The van der Waals surface area contributed by atoms with Crippen LogP contribution in [0.2, 0.25) is 0 Å². The fourth-order valence-electron chi connectivity index (χ4n) is 2.38. The number of hydrogen-bond acceptors (Lipinski definition) is 4. The first kappa shape index (κ1) is 17.4. The van der Waals surface area contributed by atoms with Gasteiger partial charge in [-0.2, -0.15) is 20.8 Å². The molecule has 0 radical (unpaired) electrons. The summed E-state index contributed by atoms with van der Waals surface area (Å²) in [5.41, 5.74) is 0.385. The number of rotatable bonds is 6. The number of nitrogens with zero attached hydrogens (tertiary/aromatic N) is 4. The van der Waals surface area contributed by atoms with E-state index >= 15 is 0 Å². The third-order valence-corrected chi connectivity index (χ3v) is 4.19. The zero-order valence-corrected chi connectivity index (χ0v) is 14.0. The summed E-state index contributed by atoms with van der Waals surface area (Å²) >= 11 is 0. The topological polar surface area (TPSA) is 72.3 Å². The quantitative estimate of drug-likeness (QED) is 0.741. The van der Waals surface area contributed by atoms with Gasteiger partial charge in [-0.3, -0.25) is 0 Å². The summed E-state index contributed by atoms with van der Waals surface area (Å²) in [5.74, 6) is 0. The molecule has 4 heteroatoms. The van der Waals surface area contributed by atoms with Gasteiger partial charge in [0, 0.05) is 0 Å². The van der Waals surface area contributed by atoms with E-state index in [0.29, 0.717) is 0 Å². The van der Waals surface area contributed by atoms with Crippen molar-refractivity contribution in [1.29, 1.82) is 10.5 Å². The molecule has 0 heterocycles. The molecule has 2 atom stereocenters. The Morgan fingerprint density at radius 1 is 0.708 bits per heavy atom. The first-order valence-electron chi connectivity index (χ1n) is 7.81. The van der Waals surface area contributed by atoms with E-state index in [9.17, 15) is 10.5 Å². The molecular formula is C20H20N4. The molecule has 2 aromatic rings. The van der Waals surface area contributed by atoms with Gasteiger partial charge in [0.15, 0.2) is 0 Å². The Morgan fingerprint density at radius 3 is 1.33 bits per heavy atom. The van der Waals surface area contributed by atoms with E-state index in [-0.39, 0.29) is 13.1 Å². The van der Waals surface area contributed by atoms with Crippen LogP contribution < -0.4 is 0 Å². The van der Waals surface area contributed by atoms with Gasteiger partial charge in [-0.15, -0.1) is 0 Å². The highest BCUT2D eigenvalue weighted by atomic mass is 15.1. The zero-order chi connectivity index (χ0) is 17.5. The summed E-state index contributed by atoms with van der Waals surface area (Å²) in [7, 11) is 0. The van der Waals surface area contributed by atoms with E-state index in [1.807, 2.05) is 74.5 Å². The van der Waals surface area contributed by atoms with Crippen molar-refractivity contribution < 1.29 is 0 Å². The van der Waals surface area contributed by atoms with Gasteiger partial charge >= 0.3 is 0 Å². The van der Waals surface area contributed by atoms with Gasteiger partial charge in [0.05, 0.1) is 25.2 Å². The molecule has 0 fully saturated rings. The second kappa shape index (κ2) is 7.53. The normalized spacial score (nSPS) is 15.8. The van der Waals surface area contributed by atoms with E-state index < -0.39 is 10.8 Å². The lowest BCUT2D eigenvalue weighted by Crippen LogP contribution is -2.25. The van der Waals surface area contributed by atoms with Crippen LogP contribution in [0.5, 0.6) is 0 Å². The summed E-state index contributed by atoms with van der Waals surface area (Å²) in [5, 5.41) is 27.4. The third-order valence-electron chi connectivity index (χ3n) is 4.19. The highest BCUT2D eigenvalue weighted by Crippen LogP contribution is 2.25. The molecule has 0 aliphatic rings. The predicted molar refractivity (Wildman–Crippen MR) is 93.4 cm³/mol. The Bertz CT molecular complexity index is 703. The molecule has 0 saturated carbocycles. The monoisotopic (exact) mass is 316 g/mol. The maximum absolute atomic E-state index is 9.52. The Hall–Kier alpha value is -2.98. The average Bonchev–Trinajstić information content (AvgIpc) is 2.66. The lowest BCUT2D eigenvalue weighted by atomic mass is 9.84. The molecule has 2 aromatic carbocycles. The number of nitriles is 2. The number of azo groups is 1. The van der Waals surface area contributed by atoms with Gasteiger partial charge in [-0.1, -0.05) is 60.7 Å². The Morgan fingerprint density at radius 2 is 1.04 bits per heavy atom. The molecular weight excluding hydrogens is 296 g/mol. The van der Waals surface area contributed by atoms with Crippen molar-refractivity contribution in [2.24, 2.45) is 10.2 Å². The third kappa shape index (κ3) is 3.86. The maximum atomic E-state index is 9.52. The summed E-state index contributed by atoms with van der Waals surface area (Å²) in [6, 6.07) is 23.8. The molecule has 0 bridgehead atoms. The summed E-state index contributed by atoms with van der Waals surface area (Å²) in [6.45, 7) is 4.23. The van der Waals surface area contributed by atoms with Crippen molar-refractivity contribution in [2.45, 2.75) is 24.7 Å². The van der Waals surface area contributed by atoms with Crippen molar-refractivity contribution in [1.82, 2.24) is 0 Å². The second-order valence-electron chi connectivity index (χ2n) is 6.22. The Kier molecular flexibility index (Phi) is 5.45. The number of hydrogen-bond donors (Lipinski definition) is 0. The van der Waals surface area contributed by atoms with Crippen molar-refractivity contribution >= 4 is 0 Å². The first-order chi connectivity index (χ1) is 11.5. The van der Waals surface area contributed by atoms with Crippen molar-refractivity contribution in [3.05, 3.63) is 71.8 Å². The van der Waals surface area contributed by atoms with Crippen LogP contribution in [0.1, 0.15) is 25.0 Å². The predicted octanol–water partition coefficient (Wildman–Crippen LogP) is 4.40. The number of benzene rings is 2. The van der Waals surface area contributed by atoms with Crippen molar-refractivity contribution in [3.8, 4) is 12.1 Å². The van der Waals surface area contributed by atoms with Crippen molar-refractivity contribution in [2.75, 3.05) is 13.1 Å². The smallest absolute Gasteiger partial charge is 0.101 e. The summed E-state index contributed by atoms with van der Waals surface area (Å²) in [4.78, 5) is 0. The van der Waals surface area contributed by atoms with Crippen LogP contribution in [0.3, 0.4) is 0 Å². The van der Waals surface area contributed by atoms with E-state index in [4.69, 9.17) is 0 Å². The van der Waals surface area contributed by atoms with Crippen LogP contribution in [0.15, 0.2) is 70.9 Å². The molecule has 4 nitrogen and oxygen atoms in total. The van der Waals surface area contributed by atoms with Crippen LogP contribution in [0.4, 0.5) is 0 Å². The molecule has 2 unspecified atom stereocenters. The molecule has 0 aliphatic heterocycles. The van der Waals surface area contributed by atoms with Crippen molar-refractivity contribution in [3.63, 3.8) is 0 Å². The molecule has 24 heavy (non-hydrogen) atoms. The van der Waals surface area contributed by atoms with Gasteiger partial charge < -0.3 is 0 Å². The van der Waals surface area contributed by atoms with Gasteiger partial charge in [0.1, 0.15) is 10.8 Å². The molecule has 0 saturated heterocycles. The van der Waals surface area contributed by atoms with Crippen LogP contribution in [0, 0.1) is 22.7 Å². The van der Waals surface area contributed by atoms with Crippen LogP contribution in [0.25, 0.3) is 0 Å². The lowest BCUT2D eigenvalue weighted by molar-refractivity contribution is 0.564. The average molecular weight is 316 g/mol. The van der Waals surface area contributed by atoms with E-state index in [0.717, 1.165) is 11.1 Å². The standard InChI is InChI=1S/C20H20N4/c1-19(13-21,17-9-5-3-6-10-17)15-23-24-16-20(2,14-22)18-11-7-4-8-12-18/h3-12H,15-16H2,1-2H3/b24-23+. The fraction of sp³-hybridized carbons (Fsp3) is 0.300.